The Morgan fingerprint density at radius 3 is 2.38 bits per heavy atom. The van der Waals surface area contributed by atoms with Crippen LogP contribution in [0.25, 0.3) is 0 Å². The molecule has 0 aliphatic carbocycles. The number of amides is 1. The van der Waals surface area contributed by atoms with Crippen LogP contribution in [0.2, 0.25) is 0 Å². The minimum absolute atomic E-state index is 0.158. The number of methoxy groups -OCH3 is 1. The first kappa shape index (κ1) is 19.9. The van der Waals surface area contributed by atoms with Gasteiger partial charge in [0.15, 0.2) is 0 Å². The number of nitrogens with one attached hydrogen (secondary N) is 2. The van der Waals surface area contributed by atoms with Gasteiger partial charge in [-0.3, -0.25) is 4.79 Å². The van der Waals surface area contributed by atoms with Gasteiger partial charge in [-0.05, 0) is 38.7 Å². The van der Waals surface area contributed by atoms with Crippen LogP contribution in [0.15, 0.2) is 6.07 Å². The Kier molecular flexibility index (Phi) is 8.15. The molecular formula is C17H28N4O3. The number of anilines is 1. The number of aromatic nitrogens is 2. The topological polar surface area (TPSA) is 93.2 Å². The Bertz CT molecular complexity index is 541. The van der Waals surface area contributed by atoms with Crippen molar-refractivity contribution >= 4 is 17.8 Å². The molecule has 1 aromatic rings. The monoisotopic (exact) mass is 336 g/mol. The molecule has 1 heterocycles. The van der Waals surface area contributed by atoms with Gasteiger partial charge in [0.1, 0.15) is 6.04 Å². The van der Waals surface area contributed by atoms with Crippen molar-refractivity contribution in [3.63, 3.8) is 0 Å². The summed E-state index contributed by atoms with van der Waals surface area (Å²) in [5.41, 5.74) is 1.80. The van der Waals surface area contributed by atoms with Crippen LogP contribution < -0.4 is 10.6 Å². The Hall–Kier alpha value is -2.18. The fraction of sp³-hybridized carbons (Fsp3) is 0.647. The summed E-state index contributed by atoms with van der Waals surface area (Å²) in [4.78, 5) is 32.3. The van der Waals surface area contributed by atoms with Crippen molar-refractivity contribution in [2.45, 2.75) is 53.0 Å². The van der Waals surface area contributed by atoms with Crippen LogP contribution in [0.5, 0.6) is 0 Å². The van der Waals surface area contributed by atoms with Gasteiger partial charge in [-0.1, -0.05) is 13.8 Å². The number of hydrogen-bond acceptors (Lipinski definition) is 6. The predicted octanol–water partition coefficient (Wildman–Crippen LogP) is 1.99. The van der Waals surface area contributed by atoms with Gasteiger partial charge in [-0.25, -0.2) is 14.8 Å². The first-order valence-corrected chi connectivity index (χ1v) is 8.25. The second-order valence-corrected chi connectivity index (χ2v) is 6.28. The van der Waals surface area contributed by atoms with Crippen LogP contribution in [0, 0.1) is 19.8 Å². The Balaban J connectivity index is 2.38. The number of esters is 1. The first-order chi connectivity index (χ1) is 11.3. The van der Waals surface area contributed by atoms with E-state index in [1.54, 1.807) is 0 Å². The number of carbonyl (C=O) groups is 2. The zero-order valence-corrected chi connectivity index (χ0v) is 15.2. The number of carbonyl (C=O) groups excluding carboxylic acids is 2. The van der Waals surface area contributed by atoms with E-state index >= 15 is 0 Å². The second-order valence-electron chi connectivity index (χ2n) is 6.28. The van der Waals surface area contributed by atoms with Crippen molar-refractivity contribution < 1.29 is 14.3 Å². The molecule has 1 atom stereocenters. The number of aryl methyl sites for hydroxylation is 2. The summed E-state index contributed by atoms with van der Waals surface area (Å²) in [7, 11) is 1.33. The summed E-state index contributed by atoms with van der Waals surface area (Å²) >= 11 is 0. The molecule has 0 aliphatic rings. The minimum atomic E-state index is -0.585. The van der Waals surface area contributed by atoms with E-state index in [1.165, 1.54) is 7.11 Å². The minimum Gasteiger partial charge on any atom is -0.467 e. The highest BCUT2D eigenvalue weighted by Crippen LogP contribution is 2.07. The summed E-state index contributed by atoms with van der Waals surface area (Å²) in [5.74, 6) is 0.297. The molecule has 24 heavy (non-hydrogen) atoms. The molecule has 1 rings (SSSR count). The van der Waals surface area contributed by atoms with Crippen molar-refractivity contribution in [2.24, 2.45) is 5.92 Å². The molecule has 0 saturated carbocycles. The smallest absolute Gasteiger partial charge is 0.328 e. The summed E-state index contributed by atoms with van der Waals surface area (Å²) in [6, 6.07) is 1.32. The maximum absolute atomic E-state index is 12.0. The van der Waals surface area contributed by atoms with E-state index < -0.39 is 12.0 Å². The summed E-state index contributed by atoms with van der Waals surface area (Å²) < 4.78 is 4.74. The van der Waals surface area contributed by atoms with Gasteiger partial charge < -0.3 is 15.4 Å². The average Bonchev–Trinajstić information content (AvgIpc) is 2.48. The second kappa shape index (κ2) is 9.85. The summed E-state index contributed by atoms with van der Waals surface area (Å²) in [6.07, 6.45) is 1.51. The van der Waals surface area contributed by atoms with Gasteiger partial charge in [-0.15, -0.1) is 0 Å². The van der Waals surface area contributed by atoms with E-state index in [4.69, 9.17) is 4.74 Å². The molecule has 7 heteroatoms. The van der Waals surface area contributed by atoms with Crippen LogP contribution in [0.1, 0.15) is 44.5 Å². The molecule has 0 saturated heterocycles. The van der Waals surface area contributed by atoms with Crippen molar-refractivity contribution in [1.82, 2.24) is 15.3 Å². The van der Waals surface area contributed by atoms with Gasteiger partial charge in [0.2, 0.25) is 11.9 Å². The molecule has 0 bridgehead atoms. The molecule has 2 N–H and O–H groups in total. The summed E-state index contributed by atoms with van der Waals surface area (Å²) in [5, 5.41) is 5.85. The van der Waals surface area contributed by atoms with E-state index in [0.717, 1.165) is 11.4 Å². The van der Waals surface area contributed by atoms with Crippen molar-refractivity contribution in [2.75, 3.05) is 19.0 Å². The highest BCUT2D eigenvalue weighted by Gasteiger charge is 2.22. The first-order valence-electron chi connectivity index (χ1n) is 8.25. The van der Waals surface area contributed by atoms with E-state index in [9.17, 15) is 9.59 Å². The highest BCUT2D eigenvalue weighted by atomic mass is 16.5. The maximum Gasteiger partial charge on any atom is 0.328 e. The molecule has 7 nitrogen and oxygen atoms in total. The number of rotatable bonds is 9. The van der Waals surface area contributed by atoms with E-state index in [1.807, 2.05) is 33.8 Å². The lowest BCUT2D eigenvalue weighted by Crippen LogP contribution is -2.42. The highest BCUT2D eigenvalue weighted by molar-refractivity contribution is 5.84. The van der Waals surface area contributed by atoms with E-state index in [0.29, 0.717) is 31.8 Å². The van der Waals surface area contributed by atoms with Gasteiger partial charge in [0.25, 0.3) is 0 Å². The molecular weight excluding hydrogens is 308 g/mol. The predicted molar refractivity (Wildman–Crippen MR) is 92.6 cm³/mol. The van der Waals surface area contributed by atoms with Gasteiger partial charge >= 0.3 is 5.97 Å². The van der Waals surface area contributed by atoms with Crippen LogP contribution in [-0.4, -0.2) is 41.5 Å². The van der Waals surface area contributed by atoms with Crippen LogP contribution >= 0.6 is 0 Å². The molecule has 0 radical (unpaired) electrons. The fourth-order valence-electron chi connectivity index (χ4n) is 2.35. The van der Waals surface area contributed by atoms with E-state index in [-0.39, 0.29) is 11.8 Å². The molecule has 0 fully saturated rings. The lowest BCUT2D eigenvalue weighted by molar-refractivity contribution is -0.145. The van der Waals surface area contributed by atoms with Crippen molar-refractivity contribution in [3.05, 3.63) is 17.5 Å². The third kappa shape index (κ3) is 7.39. The Labute approximate surface area is 143 Å². The fourth-order valence-corrected chi connectivity index (χ4v) is 2.35. The third-order valence-electron chi connectivity index (χ3n) is 3.37. The Morgan fingerprint density at radius 1 is 1.21 bits per heavy atom. The third-order valence-corrected chi connectivity index (χ3v) is 3.37. The molecule has 0 aromatic carbocycles. The van der Waals surface area contributed by atoms with Crippen molar-refractivity contribution in [3.8, 4) is 0 Å². The van der Waals surface area contributed by atoms with Crippen LogP contribution in [0.3, 0.4) is 0 Å². The SMILES string of the molecule is COC(=O)C(CC(C)C)NC(=O)CCCNc1nc(C)cc(C)n1. The van der Waals surface area contributed by atoms with Gasteiger partial charge in [0, 0.05) is 24.4 Å². The van der Waals surface area contributed by atoms with Crippen molar-refractivity contribution in [1.29, 1.82) is 0 Å². The molecule has 1 aromatic heterocycles. The lowest BCUT2D eigenvalue weighted by atomic mass is 10.0. The molecule has 134 valence electrons. The van der Waals surface area contributed by atoms with E-state index in [2.05, 4.69) is 20.6 Å². The quantitative estimate of drug-likeness (QED) is 0.529. The van der Waals surface area contributed by atoms with Gasteiger partial charge in [0.05, 0.1) is 7.11 Å². The van der Waals surface area contributed by atoms with Gasteiger partial charge in [-0.2, -0.15) is 0 Å². The molecule has 1 amide bonds. The Morgan fingerprint density at radius 2 is 1.83 bits per heavy atom. The molecule has 0 spiro atoms. The largest absolute Gasteiger partial charge is 0.467 e. The molecule has 1 unspecified atom stereocenters. The van der Waals surface area contributed by atoms with Crippen LogP contribution in [0.4, 0.5) is 5.95 Å². The standard InChI is InChI=1S/C17H28N4O3/c1-11(2)9-14(16(23)24-5)21-15(22)7-6-8-18-17-19-12(3)10-13(4)20-17/h10-11,14H,6-9H2,1-5H3,(H,21,22)(H,18,19,20). The van der Waals surface area contributed by atoms with Crippen LogP contribution in [-0.2, 0) is 14.3 Å². The lowest BCUT2D eigenvalue weighted by Gasteiger charge is -2.18. The zero-order chi connectivity index (χ0) is 18.1. The normalized spacial score (nSPS) is 11.9. The zero-order valence-electron chi connectivity index (χ0n) is 15.2. The summed E-state index contributed by atoms with van der Waals surface area (Å²) in [6.45, 7) is 8.40. The number of hydrogen-bond donors (Lipinski definition) is 2. The molecule has 0 aliphatic heterocycles. The average molecular weight is 336 g/mol. The maximum atomic E-state index is 12.0. The number of ether oxygens (including phenoxy) is 1. The number of nitrogens with zero attached hydrogens (tertiary/aromatic N) is 2.